The maximum atomic E-state index is 11.8. The van der Waals surface area contributed by atoms with Gasteiger partial charge in [0, 0.05) is 0 Å². The summed E-state index contributed by atoms with van der Waals surface area (Å²) in [6.07, 6.45) is 3.27. The summed E-state index contributed by atoms with van der Waals surface area (Å²) in [7, 11) is 0. The van der Waals surface area contributed by atoms with E-state index in [1.54, 1.807) is 43.5 Å². The standard InChI is InChI=1S/C15H12N4O3S2/c1-2-22-14(21)9-4-3-5-11(6-9)19-8-10(17-18-19)7-12-13(20)16-15(23)24-12/h3-8H,2H2,1H3,(H,16,20,23)/b12-7-. The molecule has 0 saturated carbocycles. The zero-order chi connectivity index (χ0) is 17.1. The van der Waals surface area contributed by atoms with Gasteiger partial charge in [-0.15, -0.1) is 5.10 Å². The van der Waals surface area contributed by atoms with Crippen LogP contribution in [0.25, 0.3) is 11.8 Å². The van der Waals surface area contributed by atoms with Crippen LogP contribution in [0.1, 0.15) is 23.0 Å². The number of carbonyl (C=O) groups is 2. The average molecular weight is 360 g/mol. The second kappa shape index (κ2) is 6.93. The summed E-state index contributed by atoms with van der Waals surface area (Å²) in [6.45, 7) is 2.06. The molecule has 2 heterocycles. The van der Waals surface area contributed by atoms with Crippen molar-refractivity contribution in [3.63, 3.8) is 0 Å². The molecule has 1 aromatic carbocycles. The van der Waals surface area contributed by atoms with E-state index in [0.717, 1.165) is 0 Å². The molecule has 9 heteroatoms. The molecule has 0 atom stereocenters. The maximum Gasteiger partial charge on any atom is 0.338 e. The van der Waals surface area contributed by atoms with Crippen LogP contribution in [0.15, 0.2) is 35.4 Å². The number of thioether (sulfide) groups is 1. The van der Waals surface area contributed by atoms with Gasteiger partial charge in [0.15, 0.2) is 0 Å². The van der Waals surface area contributed by atoms with E-state index in [1.807, 2.05) is 0 Å². The maximum absolute atomic E-state index is 11.8. The molecule has 2 aromatic rings. The van der Waals surface area contributed by atoms with E-state index < -0.39 is 5.97 Å². The van der Waals surface area contributed by atoms with Crippen LogP contribution in [0.5, 0.6) is 0 Å². The summed E-state index contributed by atoms with van der Waals surface area (Å²) in [5.74, 6) is -0.641. The number of thiocarbonyl (C=S) groups is 1. The minimum atomic E-state index is -0.394. The van der Waals surface area contributed by atoms with E-state index >= 15 is 0 Å². The Kier molecular flexibility index (Phi) is 4.72. The molecule has 1 aliphatic rings. The smallest absolute Gasteiger partial charge is 0.338 e. The minimum Gasteiger partial charge on any atom is -0.462 e. The third kappa shape index (κ3) is 3.52. The molecule has 24 heavy (non-hydrogen) atoms. The Morgan fingerprint density at radius 1 is 1.50 bits per heavy atom. The topological polar surface area (TPSA) is 86.1 Å². The first kappa shape index (κ1) is 16.3. The van der Waals surface area contributed by atoms with Gasteiger partial charge in [0.1, 0.15) is 10.0 Å². The number of nitrogens with one attached hydrogen (secondary N) is 1. The largest absolute Gasteiger partial charge is 0.462 e. The first-order valence-electron chi connectivity index (χ1n) is 7.01. The SMILES string of the molecule is CCOC(=O)c1cccc(-n2cc(/C=C3\SC(=S)NC3=O)nn2)c1. The quantitative estimate of drug-likeness (QED) is 0.506. The lowest BCUT2D eigenvalue weighted by Gasteiger charge is -2.04. The van der Waals surface area contributed by atoms with Gasteiger partial charge in [0.25, 0.3) is 5.91 Å². The van der Waals surface area contributed by atoms with Crippen LogP contribution < -0.4 is 5.32 Å². The van der Waals surface area contributed by atoms with E-state index in [2.05, 4.69) is 15.6 Å². The summed E-state index contributed by atoms with van der Waals surface area (Å²) >= 11 is 6.12. The molecule has 3 rings (SSSR count). The summed E-state index contributed by atoms with van der Waals surface area (Å²) in [6, 6.07) is 6.86. The van der Waals surface area contributed by atoms with Crippen molar-refractivity contribution < 1.29 is 14.3 Å². The van der Waals surface area contributed by atoms with Crippen molar-refractivity contribution in [3.05, 3.63) is 46.6 Å². The fourth-order valence-electron chi connectivity index (χ4n) is 2.01. The summed E-state index contributed by atoms with van der Waals surface area (Å²) < 4.78 is 6.92. The van der Waals surface area contributed by atoms with Crippen LogP contribution in [0, 0.1) is 0 Å². The third-order valence-corrected chi connectivity index (χ3v) is 4.22. The number of carbonyl (C=O) groups excluding carboxylic acids is 2. The Balaban J connectivity index is 1.85. The van der Waals surface area contributed by atoms with E-state index in [-0.39, 0.29) is 5.91 Å². The Labute approximate surface area is 147 Å². The molecule has 1 aromatic heterocycles. The molecule has 1 fully saturated rings. The molecular weight excluding hydrogens is 348 g/mol. The van der Waals surface area contributed by atoms with Gasteiger partial charge in [-0.3, -0.25) is 4.79 Å². The van der Waals surface area contributed by atoms with Crippen molar-refractivity contribution in [2.75, 3.05) is 6.61 Å². The predicted molar refractivity (Wildman–Crippen MR) is 93.6 cm³/mol. The van der Waals surface area contributed by atoms with Gasteiger partial charge in [0.05, 0.1) is 29.0 Å². The summed E-state index contributed by atoms with van der Waals surface area (Å²) in [5, 5.41) is 10.6. The van der Waals surface area contributed by atoms with Crippen molar-refractivity contribution in [2.45, 2.75) is 6.92 Å². The predicted octanol–water partition coefficient (Wildman–Crippen LogP) is 1.93. The Morgan fingerprint density at radius 2 is 2.33 bits per heavy atom. The molecule has 0 aliphatic carbocycles. The highest BCUT2D eigenvalue weighted by molar-refractivity contribution is 8.26. The fraction of sp³-hybridized carbons (Fsp3) is 0.133. The number of amides is 1. The number of ether oxygens (including phenoxy) is 1. The number of hydrogen-bond acceptors (Lipinski definition) is 7. The zero-order valence-electron chi connectivity index (χ0n) is 12.6. The monoisotopic (exact) mass is 360 g/mol. The van der Waals surface area contributed by atoms with Gasteiger partial charge < -0.3 is 10.1 Å². The van der Waals surface area contributed by atoms with Crippen LogP contribution in [-0.4, -0.2) is 37.8 Å². The molecule has 0 radical (unpaired) electrons. The highest BCUT2D eigenvalue weighted by atomic mass is 32.2. The summed E-state index contributed by atoms with van der Waals surface area (Å²) in [5.41, 5.74) is 1.61. The van der Waals surface area contributed by atoms with Crippen molar-refractivity contribution in [1.82, 2.24) is 20.3 Å². The third-order valence-electron chi connectivity index (χ3n) is 3.05. The molecule has 1 aliphatic heterocycles. The van der Waals surface area contributed by atoms with Crippen LogP contribution in [-0.2, 0) is 9.53 Å². The van der Waals surface area contributed by atoms with Crippen molar-refractivity contribution in [2.24, 2.45) is 0 Å². The molecule has 1 N–H and O–H groups in total. The lowest BCUT2D eigenvalue weighted by atomic mass is 10.2. The van der Waals surface area contributed by atoms with Gasteiger partial charge in [0.2, 0.25) is 0 Å². The van der Waals surface area contributed by atoms with Crippen LogP contribution in [0.4, 0.5) is 0 Å². The van der Waals surface area contributed by atoms with Crippen molar-refractivity contribution in [1.29, 1.82) is 0 Å². The number of nitrogens with zero attached hydrogens (tertiary/aromatic N) is 3. The van der Waals surface area contributed by atoms with Gasteiger partial charge in [-0.1, -0.05) is 35.3 Å². The highest BCUT2D eigenvalue weighted by Gasteiger charge is 2.22. The molecular formula is C15H12N4O3S2. The zero-order valence-corrected chi connectivity index (χ0v) is 14.2. The Hall–Kier alpha value is -2.52. The molecule has 1 saturated heterocycles. The second-order valence-electron chi connectivity index (χ2n) is 4.71. The van der Waals surface area contributed by atoms with Gasteiger partial charge in [-0.25, -0.2) is 9.48 Å². The van der Waals surface area contributed by atoms with E-state index in [1.165, 1.54) is 16.4 Å². The molecule has 0 bridgehead atoms. The van der Waals surface area contributed by atoms with Crippen molar-refractivity contribution >= 4 is 46.3 Å². The number of aromatic nitrogens is 3. The van der Waals surface area contributed by atoms with Crippen molar-refractivity contribution in [3.8, 4) is 5.69 Å². The lowest BCUT2D eigenvalue weighted by molar-refractivity contribution is -0.115. The molecule has 0 unspecified atom stereocenters. The summed E-state index contributed by atoms with van der Waals surface area (Å²) in [4.78, 5) is 23.9. The van der Waals surface area contributed by atoms with Gasteiger partial charge in [-0.2, -0.15) is 0 Å². The minimum absolute atomic E-state index is 0.246. The Bertz CT molecular complexity index is 860. The molecule has 1 amide bonds. The molecule has 122 valence electrons. The second-order valence-corrected chi connectivity index (χ2v) is 6.43. The highest BCUT2D eigenvalue weighted by Crippen LogP contribution is 2.25. The van der Waals surface area contributed by atoms with Gasteiger partial charge >= 0.3 is 5.97 Å². The number of benzene rings is 1. The first-order chi connectivity index (χ1) is 11.6. The molecule has 7 nitrogen and oxygen atoms in total. The molecule has 0 spiro atoms. The average Bonchev–Trinajstić information content (AvgIpc) is 3.15. The fourth-order valence-corrected chi connectivity index (χ4v) is 3.04. The van der Waals surface area contributed by atoms with Crippen LogP contribution >= 0.6 is 24.0 Å². The van der Waals surface area contributed by atoms with E-state index in [0.29, 0.717) is 32.8 Å². The first-order valence-corrected chi connectivity index (χ1v) is 8.24. The van der Waals surface area contributed by atoms with Crippen LogP contribution in [0.3, 0.4) is 0 Å². The Morgan fingerprint density at radius 3 is 3.04 bits per heavy atom. The van der Waals surface area contributed by atoms with E-state index in [4.69, 9.17) is 17.0 Å². The van der Waals surface area contributed by atoms with Gasteiger partial charge in [-0.05, 0) is 31.2 Å². The normalized spacial score (nSPS) is 15.6. The number of hydrogen-bond donors (Lipinski definition) is 1. The number of rotatable bonds is 4. The van der Waals surface area contributed by atoms with E-state index in [9.17, 15) is 9.59 Å². The van der Waals surface area contributed by atoms with Crippen LogP contribution in [0.2, 0.25) is 0 Å². The number of esters is 1. The lowest BCUT2D eigenvalue weighted by Crippen LogP contribution is -2.17.